The Morgan fingerprint density at radius 3 is 2.32 bits per heavy atom. The molecule has 0 aromatic heterocycles. The first-order chi connectivity index (χ1) is 17.6. The van der Waals surface area contributed by atoms with E-state index in [1.807, 2.05) is 33.8 Å². The number of rotatable bonds is 1. The van der Waals surface area contributed by atoms with E-state index in [0.717, 1.165) is 12.7 Å². The van der Waals surface area contributed by atoms with Gasteiger partial charge in [-0.25, -0.2) is 4.79 Å². The van der Waals surface area contributed by atoms with E-state index in [4.69, 9.17) is 24.1 Å². The van der Waals surface area contributed by atoms with E-state index < -0.39 is 69.5 Å². The summed E-state index contributed by atoms with van der Waals surface area (Å²) in [5, 5.41) is 7.00. The Bertz CT molecular complexity index is 1190. The molecule has 1 saturated carbocycles. The molecule has 2 saturated heterocycles. The lowest BCUT2D eigenvalue weighted by atomic mass is 9.40. The van der Waals surface area contributed by atoms with Crippen molar-refractivity contribution < 1.29 is 43.2 Å². The number of hydrogen-bond acceptors (Lipinski definition) is 9. The number of hydrogen-bond donors (Lipinski definition) is 1. The van der Waals surface area contributed by atoms with Gasteiger partial charge in [-0.2, -0.15) is 0 Å². The molecular formula is C29H38O9. The number of aliphatic hydroxyl groups is 1. The lowest BCUT2D eigenvalue weighted by Crippen LogP contribution is -2.68. The zero-order valence-corrected chi connectivity index (χ0v) is 23.4. The molecule has 0 amide bonds. The van der Waals surface area contributed by atoms with E-state index in [1.54, 1.807) is 13.8 Å². The van der Waals surface area contributed by atoms with Crippen LogP contribution in [0.15, 0.2) is 35.5 Å². The molecule has 7 atom stereocenters. The lowest BCUT2D eigenvalue weighted by Gasteiger charge is -2.64. The van der Waals surface area contributed by atoms with Gasteiger partial charge < -0.3 is 24.1 Å². The summed E-state index contributed by atoms with van der Waals surface area (Å²) in [6.45, 7) is 16.7. The summed E-state index contributed by atoms with van der Waals surface area (Å²) in [6, 6.07) is 0. The molecule has 2 spiro atoms. The Morgan fingerprint density at radius 1 is 1.11 bits per heavy atom. The third-order valence-electron chi connectivity index (χ3n) is 10.1. The van der Waals surface area contributed by atoms with Crippen molar-refractivity contribution in [1.82, 2.24) is 0 Å². The molecule has 5 aliphatic rings. The Labute approximate surface area is 223 Å². The number of esters is 4. The van der Waals surface area contributed by atoms with Crippen LogP contribution in [0.4, 0.5) is 0 Å². The molecule has 3 bridgehead atoms. The highest BCUT2D eigenvalue weighted by Crippen LogP contribution is 2.72. The SMILES string of the molecule is C=C1[C@]23C[C@H](C(=O)O[C@@]1(C)[C@H](OC(C)=O)C1=C(C)[C@@]4(C=CC(=O)OC4(C)C)CC[C@]12C)[C@H](C)OC3=O.CO. The summed E-state index contributed by atoms with van der Waals surface area (Å²) < 4.78 is 23.7. The fourth-order valence-electron chi connectivity index (χ4n) is 7.93. The zero-order chi connectivity index (χ0) is 28.6. The van der Waals surface area contributed by atoms with Gasteiger partial charge in [0.25, 0.3) is 0 Å². The quantitative estimate of drug-likeness (QED) is 0.309. The van der Waals surface area contributed by atoms with Crippen LogP contribution in [0.25, 0.3) is 0 Å². The van der Waals surface area contributed by atoms with E-state index in [-0.39, 0.29) is 6.42 Å². The van der Waals surface area contributed by atoms with Gasteiger partial charge in [-0.3, -0.25) is 14.4 Å². The second-order valence-corrected chi connectivity index (χ2v) is 11.9. The molecule has 3 heterocycles. The van der Waals surface area contributed by atoms with Gasteiger partial charge >= 0.3 is 23.9 Å². The molecular weight excluding hydrogens is 492 g/mol. The highest BCUT2D eigenvalue weighted by atomic mass is 16.6. The van der Waals surface area contributed by atoms with Crippen molar-refractivity contribution in [1.29, 1.82) is 0 Å². The van der Waals surface area contributed by atoms with Crippen molar-refractivity contribution in [2.75, 3.05) is 7.11 Å². The number of carbonyl (C=O) groups is 4. The van der Waals surface area contributed by atoms with E-state index in [9.17, 15) is 19.2 Å². The van der Waals surface area contributed by atoms with Gasteiger partial charge in [0, 0.05) is 30.9 Å². The van der Waals surface area contributed by atoms with Crippen LogP contribution in [0.3, 0.4) is 0 Å². The minimum absolute atomic E-state index is 0.210. The van der Waals surface area contributed by atoms with Crippen molar-refractivity contribution in [3.8, 4) is 0 Å². The van der Waals surface area contributed by atoms with Crippen LogP contribution in [-0.2, 0) is 38.1 Å². The van der Waals surface area contributed by atoms with Crippen LogP contribution in [0, 0.1) is 22.2 Å². The number of ether oxygens (including phenoxy) is 4. The van der Waals surface area contributed by atoms with Crippen LogP contribution in [0.1, 0.15) is 67.7 Å². The molecule has 0 aromatic rings. The highest BCUT2D eigenvalue weighted by Gasteiger charge is 2.76. The molecule has 3 fully saturated rings. The molecule has 9 heteroatoms. The monoisotopic (exact) mass is 530 g/mol. The van der Waals surface area contributed by atoms with Gasteiger partial charge in [0.1, 0.15) is 17.1 Å². The van der Waals surface area contributed by atoms with Gasteiger partial charge in [0.15, 0.2) is 11.7 Å². The molecule has 0 aromatic carbocycles. The maximum Gasteiger partial charge on any atom is 0.331 e. The van der Waals surface area contributed by atoms with Gasteiger partial charge in [0.2, 0.25) is 0 Å². The van der Waals surface area contributed by atoms with Gasteiger partial charge in [-0.15, -0.1) is 0 Å². The summed E-state index contributed by atoms with van der Waals surface area (Å²) in [5.74, 6) is -2.57. The average molecular weight is 531 g/mol. The zero-order valence-electron chi connectivity index (χ0n) is 23.4. The van der Waals surface area contributed by atoms with Crippen molar-refractivity contribution in [2.24, 2.45) is 22.2 Å². The van der Waals surface area contributed by atoms with E-state index in [1.165, 1.54) is 13.0 Å². The average Bonchev–Trinajstić information content (AvgIpc) is 2.88. The smallest absolute Gasteiger partial charge is 0.331 e. The van der Waals surface area contributed by atoms with E-state index in [2.05, 4.69) is 6.58 Å². The van der Waals surface area contributed by atoms with Crippen molar-refractivity contribution in [2.45, 2.75) is 91.1 Å². The third-order valence-corrected chi connectivity index (χ3v) is 10.1. The molecule has 2 aliphatic carbocycles. The fraction of sp³-hybridized carbons (Fsp3) is 0.655. The Morgan fingerprint density at radius 2 is 1.74 bits per heavy atom. The summed E-state index contributed by atoms with van der Waals surface area (Å²) in [7, 11) is 1.00. The molecule has 0 radical (unpaired) electrons. The van der Waals surface area contributed by atoms with Gasteiger partial charge in [-0.05, 0) is 65.0 Å². The van der Waals surface area contributed by atoms with Crippen LogP contribution in [0.5, 0.6) is 0 Å². The largest absolute Gasteiger partial charge is 0.461 e. The highest BCUT2D eigenvalue weighted by molar-refractivity contribution is 5.90. The first-order valence-corrected chi connectivity index (χ1v) is 13.0. The van der Waals surface area contributed by atoms with Crippen molar-refractivity contribution in [3.05, 3.63) is 35.5 Å². The van der Waals surface area contributed by atoms with E-state index in [0.29, 0.717) is 24.0 Å². The summed E-state index contributed by atoms with van der Waals surface area (Å²) >= 11 is 0. The molecule has 9 nitrogen and oxygen atoms in total. The minimum Gasteiger partial charge on any atom is -0.461 e. The van der Waals surface area contributed by atoms with Crippen LogP contribution >= 0.6 is 0 Å². The third kappa shape index (κ3) is 3.20. The topological polar surface area (TPSA) is 125 Å². The standard InChI is InChI=1S/C28H34O8.CH4O/c1-14-20-21(34-17(4)29)26(8)16(3)28(13-18(22(31)36-26)15(2)33-23(28)32)25(20,7)11-12-27(14)10-9-19(30)35-24(27,5)6;1-2/h9-10,15,18,21H,3,11-13H2,1-2,4-8H3;2H,1H3/t15-,18-,21+,25+,26+,27+,28-;/m0./s1. The predicted molar refractivity (Wildman–Crippen MR) is 135 cm³/mol. The molecule has 1 N–H and O–H groups in total. The maximum atomic E-state index is 13.9. The summed E-state index contributed by atoms with van der Waals surface area (Å²) in [4.78, 5) is 52.0. The van der Waals surface area contributed by atoms with Crippen molar-refractivity contribution in [3.63, 3.8) is 0 Å². The van der Waals surface area contributed by atoms with E-state index >= 15 is 0 Å². The second-order valence-electron chi connectivity index (χ2n) is 11.9. The van der Waals surface area contributed by atoms with Crippen LogP contribution in [-0.4, -0.2) is 59.5 Å². The Balaban J connectivity index is 0.00000164. The number of aliphatic hydroxyl groups excluding tert-OH is 1. The number of carbonyl (C=O) groups excluding carboxylic acids is 4. The van der Waals surface area contributed by atoms with Gasteiger partial charge in [0.05, 0.1) is 5.92 Å². The number of cyclic esters (lactones) is 2. The van der Waals surface area contributed by atoms with Crippen LogP contribution < -0.4 is 0 Å². The number of fused-ring (bicyclic) bond motifs is 3. The summed E-state index contributed by atoms with van der Waals surface area (Å²) in [6.07, 6.45) is 2.91. The van der Waals surface area contributed by atoms with Crippen LogP contribution in [0.2, 0.25) is 0 Å². The predicted octanol–water partition coefficient (Wildman–Crippen LogP) is 3.34. The van der Waals surface area contributed by atoms with Gasteiger partial charge in [-0.1, -0.05) is 25.2 Å². The Kier molecular flexibility index (Phi) is 6.30. The fourth-order valence-corrected chi connectivity index (χ4v) is 7.93. The molecule has 208 valence electrons. The van der Waals surface area contributed by atoms with Crippen molar-refractivity contribution >= 4 is 23.9 Å². The first-order valence-electron chi connectivity index (χ1n) is 13.0. The molecule has 5 rings (SSSR count). The second kappa shape index (κ2) is 8.53. The Hall–Kier alpha value is -2.94. The minimum atomic E-state index is -1.49. The molecule has 3 aliphatic heterocycles. The lowest BCUT2D eigenvalue weighted by molar-refractivity contribution is -0.189. The first kappa shape index (κ1) is 28.1. The maximum absolute atomic E-state index is 13.9. The molecule has 0 unspecified atom stereocenters. The molecule has 38 heavy (non-hydrogen) atoms. The summed E-state index contributed by atoms with van der Waals surface area (Å²) in [5.41, 5.74) is -3.31. The normalized spacial score (nSPS) is 42.6.